The lowest BCUT2D eigenvalue weighted by molar-refractivity contribution is -0.152. The molecule has 0 amide bonds. The highest BCUT2D eigenvalue weighted by Crippen LogP contribution is 2.37. The average molecular weight is 449 g/mol. The van der Waals surface area contributed by atoms with Crippen molar-refractivity contribution in [3.05, 3.63) is 64.6 Å². The zero-order valence-corrected chi connectivity index (χ0v) is 18.7. The van der Waals surface area contributed by atoms with Crippen LogP contribution in [0.4, 0.5) is 11.4 Å². The third-order valence-corrected chi connectivity index (χ3v) is 5.38. The Balaban J connectivity index is 2.03. The Morgan fingerprint density at radius 1 is 1.03 bits per heavy atom. The van der Waals surface area contributed by atoms with Crippen molar-refractivity contribution in [2.24, 2.45) is 0 Å². The molecule has 3 aromatic carbocycles. The Hall–Kier alpha value is -2.08. The van der Waals surface area contributed by atoms with Crippen molar-refractivity contribution in [3.63, 3.8) is 0 Å². The summed E-state index contributed by atoms with van der Waals surface area (Å²) < 4.78 is 7.41. The van der Waals surface area contributed by atoms with Gasteiger partial charge in [-0.2, -0.15) is 0 Å². The topological polar surface area (TPSA) is 55.6 Å². The minimum Gasteiger partial charge on any atom is -0.459 e. The second kappa shape index (κ2) is 8.74. The van der Waals surface area contributed by atoms with Crippen LogP contribution in [0.2, 0.25) is 10.0 Å². The first-order valence-electron chi connectivity index (χ1n) is 9.03. The van der Waals surface area contributed by atoms with Crippen molar-refractivity contribution < 1.29 is 9.53 Å². The monoisotopic (exact) mass is 448 g/mol. The number of halogens is 2. The fourth-order valence-electron chi connectivity index (χ4n) is 2.90. The van der Waals surface area contributed by atoms with Crippen molar-refractivity contribution in [1.29, 1.82) is 0 Å². The molecule has 152 valence electrons. The number of nitrogen functional groups attached to an aromatic ring is 1. The normalized spacial score (nSPS) is 11.5. The van der Waals surface area contributed by atoms with Gasteiger partial charge in [0.1, 0.15) is 12.1 Å². The molecule has 0 atom stereocenters. The summed E-state index contributed by atoms with van der Waals surface area (Å²) in [6.07, 6.45) is 0. The SMILES string of the molecule is CC(C)(C)OC(=O)CN(Sc1cc(Cl)cc(Cl)c1)c1cccc2c(N)cccc12. The highest BCUT2D eigenvalue weighted by Gasteiger charge is 2.22. The molecule has 4 nitrogen and oxygen atoms in total. The molecule has 0 unspecified atom stereocenters. The van der Waals surface area contributed by atoms with E-state index in [1.165, 1.54) is 11.9 Å². The molecule has 0 fully saturated rings. The van der Waals surface area contributed by atoms with Crippen molar-refractivity contribution >= 4 is 63.3 Å². The second-order valence-corrected chi connectivity index (χ2v) is 9.51. The number of esters is 1. The van der Waals surface area contributed by atoms with Gasteiger partial charge in [0.25, 0.3) is 0 Å². The number of carbonyl (C=O) groups excluding carboxylic acids is 1. The van der Waals surface area contributed by atoms with Gasteiger partial charge in [0.05, 0.1) is 5.69 Å². The van der Waals surface area contributed by atoms with Gasteiger partial charge in [-0.3, -0.25) is 4.79 Å². The molecule has 0 aliphatic heterocycles. The minimum atomic E-state index is -0.573. The van der Waals surface area contributed by atoms with E-state index < -0.39 is 5.60 Å². The zero-order chi connectivity index (χ0) is 21.2. The fraction of sp³-hybridized carbons (Fsp3) is 0.227. The lowest BCUT2D eigenvalue weighted by atomic mass is 10.1. The first-order valence-corrected chi connectivity index (χ1v) is 10.6. The molecule has 0 saturated heterocycles. The summed E-state index contributed by atoms with van der Waals surface area (Å²) >= 11 is 13.7. The number of hydrogen-bond acceptors (Lipinski definition) is 5. The number of benzene rings is 3. The van der Waals surface area contributed by atoms with Gasteiger partial charge in [-0.1, -0.05) is 47.5 Å². The molecule has 0 heterocycles. The van der Waals surface area contributed by atoms with E-state index in [0.29, 0.717) is 15.7 Å². The molecule has 0 aromatic heterocycles. The number of nitrogens with two attached hydrogens (primary N) is 1. The van der Waals surface area contributed by atoms with Gasteiger partial charge in [0, 0.05) is 31.4 Å². The van der Waals surface area contributed by atoms with Crippen molar-refractivity contribution in [1.82, 2.24) is 0 Å². The van der Waals surface area contributed by atoms with E-state index in [1.54, 1.807) is 18.2 Å². The van der Waals surface area contributed by atoms with Gasteiger partial charge in [0.15, 0.2) is 0 Å². The number of ether oxygens (including phenoxy) is 1. The zero-order valence-electron chi connectivity index (χ0n) is 16.4. The van der Waals surface area contributed by atoms with Crippen LogP contribution in [-0.4, -0.2) is 18.1 Å². The third kappa shape index (κ3) is 5.72. The highest BCUT2D eigenvalue weighted by molar-refractivity contribution is 8.00. The number of hydrogen-bond donors (Lipinski definition) is 1. The maximum Gasteiger partial charge on any atom is 0.327 e. The Morgan fingerprint density at radius 2 is 1.66 bits per heavy atom. The number of rotatable bonds is 5. The summed E-state index contributed by atoms with van der Waals surface area (Å²) in [6.45, 7) is 5.58. The fourth-order valence-corrected chi connectivity index (χ4v) is 4.60. The predicted molar refractivity (Wildman–Crippen MR) is 124 cm³/mol. The van der Waals surface area contributed by atoms with Crippen LogP contribution in [0.3, 0.4) is 0 Å². The Kier molecular flexibility index (Phi) is 6.52. The van der Waals surface area contributed by atoms with E-state index in [1.807, 2.05) is 61.5 Å². The molecule has 29 heavy (non-hydrogen) atoms. The second-order valence-electron chi connectivity index (χ2n) is 7.54. The molecule has 0 spiro atoms. The maximum atomic E-state index is 12.6. The molecule has 0 bridgehead atoms. The number of nitrogens with zero attached hydrogens (tertiary/aromatic N) is 1. The average Bonchev–Trinajstić information content (AvgIpc) is 2.58. The van der Waals surface area contributed by atoms with Crippen LogP contribution in [0.15, 0.2) is 59.5 Å². The largest absolute Gasteiger partial charge is 0.459 e. The van der Waals surface area contributed by atoms with Crippen molar-refractivity contribution in [2.45, 2.75) is 31.3 Å². The standard InChI is InChI=1S/C22H22Cl2N2O2S/c1-22(2,3)28-21(27)13-26(29-16-11-14(23)10-15(24)12-16)20-9-5-6-17-18(20)7-4-8-19(17)25/h4-12H,13,25H2,1-3H3. The molecular formula is C22H22Cl2N2O2S. The lowest BCUT2D eigenvalue weighted by Crippen LogP contribution is -2.31. The summed E-state index contributed by atoms with van der Waals surface area (Å²) in [5.74, 6) is -0.334. The van der Waals surface area contributed by atoms with Crippen LogP contribution in [-0.2, 0) is 9.53 Å². The quantitative estimate of drug-likeness (QED) is 0.271. The van der Waals surface area contributed by atoms with Crippen LogP contribution in [0.5, 0.6) is 0 Å². The van der Waals surface area contributed by atoms with Gasteiger partial charge in [0.2, 0.25) is 0 Å². The molecule has 3 aromatic rings. The van der Waals surface area contributed by atoms with Crippen LogP contribution in [0.1, 0.15) is 20.8 Å². The molecule has 0 aliphatic carbocycles. The minimum absolute atomic E-state index is 0.0416. The lowest BCUT2D eigenvalue weighted by Gasteiger charge is -2.27. The first kappa shape index (κ1) is 21.6. The Morgan fingerprint density at radius 3 is 2.31 bits per heavy atom. The molecule has 2 N–H and O–H groups in total. The number of carbonyl (C=O) groups is 1. The Bertz CT molecular complexity index is 1030. The van der Waals surface area contributed by atoms with Crippen LogP contribution >= 0.6 is 35.1 Å². The number of fused-ring (bicyclic) bond motifs is 1. The summed E-state index contributed by atoms with van der Waals surface area (Å²) in [5.41, 5.74) is 7.10. The van der Waals surface area contributed by atoms with E-state index in [9.17, 15) is 4.79 Å². The van der Waals surface area contributed by atoms with Crippen LogP contribution < -0.4 is 10.0 Å². The Labute approximate surface area is 185 Å². The van der Waals surface area contributed by atoms with Crippen molar-refractivity contribution in [3.8, 4) is 0 Å². The summed E-state index contributed by atoms with van der Waals surface area (Å²) in [5, 5.41) is 2.92. The van der Waals surface area contributed by atoms with Gasteiger partial charge in [-0.25, -0.2) is 0 Å². The van der Waals surface area contributed by atoms with E-state index in [4.69, 9.17) is 33.7 Å². The van der Waals surface area contributed by atoms with E-state index in [-0.39, 0.29) is 12.5 Å². The highest BCUT2D eigenvalue weighted by atomic mass is 35.5. The summed E-state index contributed by atoms with van der Waals surface area (Å²) in [4.78, 5) is 13.4. The van der Waals surface area contributed by atoms with E-state index in [2.05, 4.69) is 0 Å². The summed E-state index contributed by atoms with van der Waals surface area (Å²) in [7, 11) is 0. The predicted octanol–water partition coefficient (Wildman–Crippen LogP) is 6.58. The van der Waals surface area contributed by atoms with Gasteiger partial charge >= 0.3 is 5.97 Å². The molecule has 0 radical (unpaired) electrons. The third-order valence-electron chi connectivity index (χ3n) is 3.95. The van der Waals surface area contributed by atoms with Crippen LogP contribution in [0.25, 0.3) is 10.8 Å². The molecule has 7 heteroatoms. The van der Waals surface area contributed by atoms with E-state index >= 15 is 0 Å². The molecule has 0 saturated carbocycles. The van der Waals surface area contributed by atoms with Gasteiger partial charge < -0.3 is 14.8 Å². The molecule has 3 rings (SSSR count). The summed E-state index contributed by atoms with van der Waals surface area (Å²) in [6, 6.07) is 16.8. The van der Waals surface area contributed by atoms with Crippen LogP contribution in [0, 0.1) is 0 Å². The first-order chi connectivity index (χ1) is 13.6. The van der Waals surface area contributed by atoms with Crippen molar-refractivity contribution in [2.75, 3.05) is 16.6 Å². The van der Waals surface area contributed by atoms with Gasteiger partial charge in [-0.15, -0.1) is 0 Å². The number of anilines is 2. The molecular weight excluding hydrogens is 427 g/mol. The maximum absolute atomic E-state index is 12.6. The van der Waals surface area contributed by atoms with E-state index in [0.717, 1.165) is 21.4 Å². The molecule has 0 aliphatic rings. The smallest absolute Gasteiger partial charge is 0.327 e. The van der Waals surface area contributed by atoms with Gasteiger partial charge in [-0.05, 0) is 63.1 Å².